The van der Waals surface area contributed by atoms with Crippen LogP contribution < -0.4 is 15.8 Å². The Bertz CT molecular complexity index is 1320. The molecule has 0 spiro atoms. The second kappa shape index (κ2) is 7.85. The highest BCUT2D eigenvalue weighted by Crippen LogP contribution is 2.38. The maximum absolute atomic E-state index is 14.3. The van der Waals surface area contributed by atoms with Crippen LogP contribution in [-0.2, 0) is 7.05 Å². The molecule has 3 heterocycles. The Balaban J connectivity index is 1.47. The number of rotatable bonds is 4. The lowest BCUT2D eigenvalue weighted by Gasteiger charge is -2.19. The van der Waals surface area contributed by atoms with Crippen LogP contribution >= 0.6 is 11.6 Å². The van der Waals surface area contributed by atoms with Gasteiger partial charge in [-0.2, -0.15) is 5.10 Å². The van der Waals surface area contributed by atoms with E-state index >= 15 is 0 Å². The first-order valence-corrected chi connectivity index (χ1v) is 10.2. The average molecular weight is 454 g/mol. The van der Waals surface area contributed by atoms with Crippen molar-refractivity contribution in [2.45, 2.75) is 13.0 Å². The first-order chi connectivity index (χ1) is 15.4. The molecule has 2 aromatic carbocycles. The van der Waals surface area contributed by atoms with Crippen LogP contribution in [0.4, 0.5) is 31.9 Å². The molecule has 1 unspecified atom stereocenters. The van der Waals surface area contributed by atoms with Crippen molar-refractivity contribution in [1.82, 2.24) is 25.2 Å². The molecule has 0 bridgehead atoms. The Hall–Kier alpha value is -3.56. The van der Waals surface area contributed by atoms with Crippen molar-refractivity contribution in [2.24, 2.45) is 7.05 Å². The summed E-state index contributed by atoms with van der Waals surface area (Å²) in [7, 11) is 1.67. The molecule has 2 N–H and O–H groups in total. The highest BCUT2D eigenvalue weighted by molar-refractivity contribution is 6.35. The summed E-state index contributed by atoms with van der Waals surface area (Å²) in [5.41, 5.74) is 5.87. The quantitative estimate of drug-likeness (QED) is 0.438. The van der Waals surface area contributed by atoms with Gasteiger partial charge >= 0.3 is 0 Å². The minimum atomic E-state index is -0.742. The number of nitrogens with zero attached hydrogens (tertiary/aromatic N) is 5. The summed E-state index contributed by atoms with van der Waals surface area (Å²) in [6, 6.07) is 13.2. The van der Waals surface area contributed by atoms with Gasteiger partial charge in [-0.3, -0.25) is 9.69 Å². The highest BCUT2D eigenvalue weighted by Gasteiger charge is 2.27. The first kappa shape index (κ1) is 20.3. The Morgan fingerprint density at radius 3 is 2.72 bits per heavy atom. The van der Waals surface area contributed by atoms with Crippen molar-refractivity contribution in [3.8, 4) is 11.3 Å². The molecule has 1 aliphatic rings. The number of hydrazine groups is 1. The molecule has 5 rings (SSSR count). The third-order valence-electron chi connectivity index (χ3n) is 5.27. The fourth-order valence-electron chi connectivity index (χ4n) is 3.73. The largest absolute Gasteiger partial charge is 0.324 e. The van der Waals surface area contributed by atoms with Crippen LogP contribution in [0.1, 0.15) is 18.5 Å². The molecule has 1 aliphatic heterocycles. The van der Waals surface area contributed by atoms with E-state index in [9.17, 15) is 8.78 Å². The summed E-state index contributed by atoms with van der Waals surface area (Å²) in [6.07, 6.45) is 1.44. The van der Waals surface area contributed by atoms with Crippen molar-refractivity contribution in [1.29, 1.82) is 0 Å². The number of para-hydroxylation sites is 1. The number of benzene rings is 2. The zero-order valence-corrected chi connectivity index (χ0v) is 17.9. The smallest absolute Gasteiger partial charge is 0.153 e. The maximum atomic E-state index is 14.3. The molecule has 0 radical (unpaired) electrons. The molecular formula is C22H18ClF2N7. The molecular weight excluding hydrogens is 436 g/mol. The van der Waals surface area contributed by atoms with E-state index in [-0.39, 0.29) is 22.3 Å². The summed E-state index contributed by atoms with van der Waals surface area (Å²) in [5, 5.41) is 9.52. The van der Waals surface area contributed by atoms with E-state index in [2.05, 4.69) is 38.8 Å². The van der Waals surface area contributed by atoms with Gasteiger partial charge in [0.1, 0.15) is 40.3 Å². The molecule has 162 valence electrons. The van der Waals surface area contributed by atoms with Crippen LogP contribution in [0, 0.1) is 11.6 Å². The average Bonchev–Trinajstić information content (AvgIpc) is 3.26. The lowest BCUT2D eigenvalue weighted by atomic mass is 10.1. The lowest BCUT2D eigenvalue weighted by molar-refractivity contribution is 0.585. The molecule has 0 saturated carbocycles. The predicted molar refractivity (Wildman–Crippen MR) is 119 cm³/mol. The molecule has 0 saturated heterocycles. The van der Waals surface area contributed by atoms with Gasteiger partial charge in [-0.1, -0.05) is 29.8 Å². The number of fused-ring (bicyclic) bond motifs is 1. The van der Waals surface area contributed by atoms with Crippen molar-refractivity contribution in [2.75, 3.05) is 10.3 Å². The van der Waals surface area contributed by atoms with E-state index in [1.54, 1.807) is 13.1 Å². The van der Waals surface area contributed by atoms with Crippen LogP contribution in [0.5, 0.6) is 0 Å². The fourth-order valence-corrected chi connectivity index (χ4v) is 4.04. The number of anilines is 4. The van der Waals surface area contributed by atoms with Gasteiger partial charge in [0.25, 0.3) is 0 Å². The molecule has 0 amide bonds. The van der Waals surface area contributed by atoms with Gasteiger partial charge < -0.3 is 5.32 Å². The van der Waals surface area contributed by atoms with Gasteiger partial charge in [0, 0.05) is 24.7 Å². The zero-order valence-electron chi connectivity index (χ0n) is 17.1. The van der Waals surface area contributed by atoms with E-state index in [1.165, 1.54) is 22.6 Å². The molecule has 2 aromatic heterocycles. The van der Waals surface area contributed by atoms with E-state index in [4.69, 9.17) is 11.6 Å². The third kappa shape index (κ3) is 3.45. The summed E-state index contributed by atoms with van der Waals surface area (Å²) < 4.78 is 29.0. The zero-order chi connectivity index (χ0) is 22.4. The lowest BCUT2D eigenvalue weighted by Crippen LogP contribution is -2.29. The second-order valence-electron chi connectivity index (χ2n) is 7.39. The van der Waals surface area contributed by atoms with Crippen molar-refractivity contribution in [3.05, 3.63) is 77.1 Å². The van der Waals surface area contributed by atoms with Gasteiger partial charge in [0.15, 0.2) is 5.82 Å². The van der Waals surface area contributed by atoms with Crippen molar-refractivity contribution >= 4 is 34.7 Å². The Labute approximate surface area is 187 Å². The van der Waals surface area contributed by atoms with E-state index in [1.807, 2.05) is 23.2 Å². The molecule has 4 aromatic rings. The normalized spacial score (nSPS) is 15.2. The Morgan fingerprint density at radius 2 is 1.91 bits per heavy atom. The molecule has 32 heavy (non-hydrogen) atoms. The standard InChI is InChI=1S/C22H18ClF2N7/c1-12-14-5-3-4-6-17(14)32(29-12)19-10-18(26-11-27-19)28-22-20(23)21(30-31(22)2)15-8-7-13(24)9-16(15)25/h3-12,29H,1-2H3,(H,26,27,28). The molecule has 10 heteroatoms. The number of aryl methyl sites for hydroxylation is 1. The fraction of sp³-hybridized carbons (Fsp3) is 0.136. The number of halogens is 3. The summed E-state index contributed by atoms with van der Waals surface area (Å²) in [5.74, 6) is 0.121. The van der Waals surface area contributed by atoms with Gasteiger partial charge in [-0.25, -0.2) is 24.2 Å². The Morgan fingerprint density at radius 1 is 1.09 bits per heavy atom. The van der Waals surface area contributed by atoms with Crippen LogP contribution in [0.15, 0.2) is 54.9 Å². The minimum Gasteiger partial charge on any atom is -0.324 e. The van der Waals surface area contributed by atoms with E-state index in [0.717, 1.165) is 17.8 Å². The maximum Gasteiger partial charge on any atom is 0.153 e. The number of hydrogen-bond donors (Lipinski definition) is 2. The van der Waals surface area contributed by atoms with Gasteiger partial charge in [0.2, 0.25) is 0 Å². The van der Waals surface area contributed by atoms with Gasteiger partial charge in [-0.05, 0) is 30.7 Å². The SMILES string of the molecule is CC1NN(c2cc(Nc3c(Cl)c(-c4ccc(F)cc4F)nn3C)ncn2)c2ccccc21. The highest BCUT2D eigenvalue weighted by atomic mass is 35.5. The van der Waals surface area contributed by atoms with Crippen LogP contribution in [0.25, 0.3) is 11.3 Å². The monoisotopic (exact) mass is 453 g/mol. The topological polar surface area (TPSA) is 70.9 Å². The van der Waals surface area contributed by atoms with Crippen LogP contribution in [0.2, 0.25) is 5.02 Å². The predicted octanol–water partition coefficient (Wildman–Crippen LogP) is 5.27. The molecule has 0 fully saturated rings. The minimum absolute atomic E-state index is 0.107. The summed E-state index contributed by atoms with van der Waals surface area (Å²) in [4.78, 5) is 8.66. The molecule has 7 nitrogen and oxygen atoms in total. The van der Waals surface area contributed by atoms with Crippen LogP contribution in [-0.4, -0.2) is 19.7 Å². The van der Waals surface area contributed by atoms with Crippen molar-refractivity contribution in [3.63, 3.8) is 0 Å². The Kier molecular flexibility index (Phi) is 4.99. The van der Waals surface area contributed by atoms with E-state index in [0.29, 0.717) is 17.5 Å². The first-order valence-electron chi connectivity index (χ1n) is 9.84. The second-order valence-corrected chi connectivity index (χ2v) is 7.77. The van der Waals surface area contributed by atoms with Gasteiger partial charge in [-0.15, -0.1) is 0 Å². The van der Waals surface area contributed by atoms with Gasteiger partial charge in [0.05, 0.1) is 11.7 Å². The van der Waals surface area contributed by atoms with E-state index < -0.39 is 11.6 Å². The number of aromatic nitrogens is 4. The number of hydrogen-bond acceptors (Lipinski definition) is 6. The summed E-state index contributed by atoms with van der Waals surface area (Å²) in [6.45, 7) is 2.07. The van der Waals surface area contributed by atoms with Crippen molar-refractivity contribution < 1.29 is 8.78 Å². The van der Waals surface area contributed by atoms with Crippen LogP contribution in [0.3, 0.4) is 0 Å². The summed E-state index contributed by atoms with van der Waals surface area (Å²) >= 11 is 6.51. The molecule has 0 aliphatic carbocycles. The number of nitrogens with one attached hydrogen (secondary N) is 2. The third-order valence-corrected chi connectivity index (χ3v) is 5.63. The molecule has 1 atom stereocenters.